The monoisotopic (exact) mass is 256 g/mol. The summed E-state index contributed by atoms with van der Waals surface area (Å²) in [5.41, 5.74) is 2.02. The second-order valence-corrected chi connectivity index (χ2v) is 4.63. The Labute approximate surface area is 112 Å². The molecule has 1 atom stereocenters. The first kappa shape index (κ1) is 12.0. The summed E-state index contributed by atoms with van der Waals surface area (Å²) in [6.07, 6.45) is 1.61. The molecule has 98 valence electrons. The molecule has 1 aromatic heterocycles. The van der Waals surface area contributed by atoms with Crippen LogP contribution in [0.25, 0.3) is 0 Å². The van der Waals surface area contributed by atoms with E-state index >= 15 is 0 Å². The number of fused-ring (bicyclic) bond motifs is 1. The van der Waals surface area contributed by atoms with Gasteiger partial charge in [0.05, 0.1) is 6.26 Å². The van der Waals surface area contributed by atoms with Crippen molar-refractivity contribution >= 4 is 11.6 Å². The summed E-state index contributed by atoms with van der Waals surface area (Å²) in [6.45, 7) is 3.57. The molecule has 4 heteroatoms. The van der Waals surface area contributed by atoms with Crippen molar-refractivity contribution in [3.05, 3.63) is 54.0 Å². The molecule has 0 fully saturated rings. The summed E-state index contributed by atoms with van der Waals surface area (Å²) in [5.74, 6) is 0.647. The van der Waals surface area contributed by atoms with Crippen LogP contribution in [0, 0.1) is 0 Å². The van der Waals surface area contributed by atoms with Crippen LogP contribution >= 0.6 is 0 Å². The van der Waals surface area contributed by atoms with E-state index in [4.69, 9.17) is 4.42 Å². The molecule has 0 aliphatic carbocycles. The van der Waals surface area contributed by atoms with Crippen LogP contribution in [-0.2, 0) is 11.3 Å². The maximum absolute atomic E-state index is 12.4. The number of para-hydroxylation sites is 1. The van der Waals surface area contributed by atoms with Gasteiger partial charge in [-0.1, -0.05) is 25.1 Å². The third kappa shape index (κ3) is 2.15. The molecule has 0 saturated heterocycles. The summed E-state index contributed by atoms with van der Waals surface area (Å²) in [4.78, 5) is 14.5. The fourth-order valence-electron chi connectivity index (χ4n) is 2.51. The SMILES string of the molecule is CCN1Cc2ccccc2NC(=O)C1c1ccco1. The van der Waals surface area contributed by atoms with Crippen molar-refractivity contribution < 1.29 is 9.21 Å². The van der Waals surface area contributed by atoms with Gasteiger partial charge in [-0.2, -0.15) is 0 Å². The highest BCUT2D eigenvalue weighted by atomic mass is 16.3. The number of nitrogens with one attached hydrogen (secondary N) is 1. The zero-order chi connectivity index (χ0) is 13.2. The van der Waals surface area contributed by atoms with Crippen molar-refractivity contribution in [3.63, 3.8) is 0 Å². The maximum Gasteiger partial charge on any atom is 0.249 e. The normalized spacial score (nSPS) is 19.6. The number of benzene rings is 1. The Morgan fingerprint density at radius 3 is 2.89 bits per heavy atom. The second kappa shape index (κ2) is 4.90. The molecule has 1 N–H and O–H groups in total. The third-order valence-electron chi connectivity index (χ3n) is 3.48. The van der Waals surface area contributed by atoms with E-state index in [-0.39, 0.29) is 11.9 Å². The van der Waals surface area contributed by atoms with Crippen molar-refractivity contribution in [3.8, 4) is 0 Å². The number of likely N-dealkylation sites (N-methyl/N-ethyl adjacent to an activating group) is 1. The van der Waals surface area contributed by atoms with Crippen LogP contribution in [0.15, 0.2) is 47.1 Å². The molecule has 1 amide bonds. The molecule has 2 aromatic rings. The molecular formula is C15H16N2O2. The van der Waals surface area contributed by atoms with Crippen molar-refractivity contribution in [2.45, 2.75) is 19.5 Å². The number of hydrogen-bond acceptors (Lipinski definition) is 3. The zero-order valence-electron chi connectivity index (χ0n) is 10.8. The number of nitrogens with zero attached hydrogens (tertiary/aromatic N) is 1. The lowest BCUT2D eigenvalue weighted by Crippen LogP contribution is -2.34. The zero-order valence-corrected chi connectivity index (χ0v) is 10.8. The molecule has 2 heterocycles. The van der Waals surface area contributed by atoms with Crippen molar-refractivity contribution in [2.24, 2.45) is 0 Å². The Hall–Kier alpha value is -2.07. The first-order chi connectivity index (χ1) is 9.29. The van der Waals surface area contributed by atoms with Gasteiger partial charge in [0, 0.05) is 12.2 Å². The number of furan rings is 1. The number of hydrogen-bond donors (Lipinski definition) is 1. The predicted molar refractivity (Wildman–Crippen MR) is 72.6 cm³/mol. The van der Waals surface area contributed by atoms with Gasteiger partial charge in [0.15, 0.2) is 0 Å². The molecule has 19 heavy (non-hydrogen) atoms. The van der Waals surface area contributed by atoms with Gasteiger partial charge in [0.2, 0.25) is 5.91 Å². The van der Waals surface area contributed by atoms with E-state index in [9.17, 15) is 4.79 Å². The largest absolute Gasteiger partial charge is 0.467 e. The van der Waals surface area contributed by atoms with Crippen LogP contribution in [0.3, 0.4) is 0 Å². The minimum absolute atomic E-state index is 0.0400. The van der Waals surface area contributed by atoms with Gasteiger partial charge in [-0.15, -0.1) is 0 Å². The van der Waals surface area contributed by atoms with Crippen LogP contribution < -0.4 is 5.32 Å². The first-order valence-electron chi connectivity index (χ1n) is 6.46. The second-order valence-electron chi connectivity index (χ2n) is 4.63. The average Bonchev–Trinajstić information content (AvgIpc) is 2.89. The van der Waals surface area contributed by atoms with Crippen LogP contribution in [-0.4, -0.2) is 17.4 Å². The minimum Gasteiger partial charge on any atom is -0.467 e. The van der Waals surface area contributed by atoms with Gasteiger partial charge in [0.1, 0.15) is 11.8 Å². The third-order valence-corrected chi connectivity index (χ3v) is 3.48. The maximum atomic E-state index is 12.4. The standard InChI is InChI=1S/C15H16N2O2/c1-2-17-10-11-6-3-4-7-12(11)16-15(18)14(17)13-8-5-9-19-13/h3-9,14H,2,10H2,1H3,(H,16,18). The quantitative estimate of drug-likeness (QED) is 0.898. The van der Waals surface area contributed by atoms with E-state index in [1.54, 1.807) is 6.26 Å². The Balaban J connectivity index is 2.01. The first-order valence-corrected chi connectivity index (χ1v) is 6.46. The molecule has 0 spiro atoms. The molecule has 4 nitrogen and oxygen atoms in total. The average molecular weight is 256 g/mol. The highest BCUT2D eigenvalue weighted by Crippen LogP contribution is 2.30. The molecular weight excluding hydrogens is 240 g/mol. The number of anilines is 1. The molecule has 1 aromatic carbocycles. The van der Waals surface area contributed by atoms with Gasteiger partial charge < -0.3 is 9.73 Å². The lowest BCUT2D eigenvalue weighted by atomic mass is 10.1. The van der Waals surface area contributed by atoms with Crippen LogP contribution in [0.1, 0.15) is 24.3 Å². The van der Waals surface area contributed by atoms with E-state index in [1.165, 1.54) is 0 Å². The number of carbonyl (C=O) groups excluding carboxylic acids is 1. The van der Waals surface area contributed by atoms with E-state index in [2.05, 4.69) is 17.1 Å². The number of amides is 1. The summed E-state index contributed by atoms with van der Waals surface area (Å²) >= 11 is 0. The Kier molecular flexibility index (Phi) is 3.09. The smallest absolute Gasteiger partial charge is 0.249 e. The number of carbonyl (C=O) groups is 1. The molecule has 1 aliphatic heterocycles. The number of rotatable bonds is 2. The topological polar surface area (TPSA) is 45.5 Å². The summed E-state index contributed by atoms with van der Waals surface area (Å²) in [6, 6.07) is 11.2. The summed E-state index contributed by atoms with van der Waals surface area (Å²) < 4.78 is 5.43. The molecule has 1 unspecified atom stereocenters. The summed E-state index contributed by atoms with van der Waals surface area (Å²) in [7, 11) is 0. The van der Waals surface area contributed by atoms with Gasteiger partial charge in [-0.05, 0) is 30.3 Å². The Morgan fingerprint density at radius 1 is 1.32 bits per heavy atom. The van der Waals surface area contributed by atoms with Crippen molar-refractivity contribution in [1.29, 1.82) is 0 Å². The summed E-state index contributed by atoms with van der Waals surface area (Å²) in [5, 5.41) is 2.98. The van der Waals surface area contributed by atoms with Crippen LogP contribution in [0.2, 0.25) is 0 Å². The Morgan fingerprint density at radius 2 is 2.16 bits per heavy atom. The van der Waals surface area contributed by atoms with Crippen molar-refractivity contribution in [2.75, 3.05) is 11.9 Å². The van der Waals surface area contributed by atoms with E-state index in [1.807, 2.05) is 36.4 Å². The molecule has 0 bridgehead atoms. The molecule has 1 aliphatic rings. The fourth-order valence-corrected chi connectivity index (χ4v) is 2.51. The van der Waals surface area contributed by atoms with Crippen LogP contribution in [0.5, 0.6) is 0 Å². The highest BCUT2D eigenvalue weighted by molar-refractivity contribution is 5.96. The van der Waals surface area contributed by atoms with Gasteiger partial charge in [-0.25, -0.2) is 0 Å². The molecule has 0 saturated carbocycles. The van der Waals surface area contributed by atoms with E-state index < -0.39 is 0 Å². The van der Waals surface area contributed by atoms with Gasteiger partial charge in [0.25, 0.3) is 0 Å². The van der Waals surface area contributed by atoms with E-state index in [0.717, 1.165) is 24.3 Å². The lowest BCUT2D eigenvalue weighted by Gasteiger charge is -2.25. The van der Waals surface area contributed by atoms with E-state index in [0.29, 0.717) is 5.76 Å². The molecule has 0 radical (unpaired) electrons. The van der Waals surface area contributed by atoms with Gasteiger partial charge in [-0.3, -0.25) is 9.69 Å². The van der Waals surface area contributed by atoms with Gasteiger partial charge >= 0.3 is 0 Å². The predicted octanol–water partition coefficient (Wildman–Crippen LogP) is 2.79. The van der Waals surface area contributed by atoms with Crippen molar-refractivity contribution in [1.82, 2.24) is 4.90 Å². The minimum atomic E-state index is -0.368. The Bertz CT molecular complexity index is 578. The van der Waals surface area contributed by atoms with Crippen LogP contribution in [0.4, 0.5) is 5.69 Å². The highest BCUT2D eigenvalue weighted by Gasteiger charge is 2.32. The lowest BCUT2D eigenvalue weighted by molar-refractivity contribution is -0.122. The molecule has 3 rings (SSSR count). The fraction of sp³-hybridized carbons (Fsp3) is 0.267.